The number of hydrogen-bond acceptors (Lipinski definition) is 6. The topological polar surface area (TPSA) is 54.3 Å². The van der Waals surface area contributed by atoms with E-state index in [0.29, 0.717) is 11.5 Å². The molecule has 2 unspecified atom stereocenters. The van der Waals surface area contributed by atoms with Crippen LogP contribution >= 0.6 is 24.2 Å². The number of methoxy groups -OCH3 is 2. The van der Waals surface area contributed by atoms with Crippen LogP contribution in [0.3, 0.4) is 0 Å². The van der Waals surface area contributed by atoms with Gasteiger partial charge in [-0.3, -0.25) is 4.99 Å². The molecule has 7 heteroatoms. The van der Waals surface area contributed by atoms with E-state index in [2.05, 4.69) is 12.1 Å². The van der Waals surface area contributed by atoms with E-state index in [0.717, 1.165) is 42.2 Å². The fourth-order valence-corrected chi connectivity index (χ4v) is 5.25. The maximum Gasteiger partial charge on any atom is 0.186 e. The Balaban J connectivity index is 0.00000225. The van der Waals surface area contributed by atoms with Gasteiger partial charge in [-0.2, -0.15) is 0 Å². The lowest BCUT2D eigenvalue weighted by Gasteiger charge is -2.38. The summed E-state index contributed by atoms with van der Waals surface area (Å²) in [6.45, 7) is 1.57. The minimum absolute atomic E-state index is 0. The first-order chi connectivity index (χ1) is 13.2. The second-order valence-electron chi connectivity index (χ2n) is 6.72. The van der Waals surface area contributed by atoms with Crippen molar-refractivity contribution < 1.29 is 14.6 Å². The van der Waals surface area contributed by atoms with Crippen molar-refractivity contribution in [3.63, 3.8) is 0 Å². The first-order valence-electron chi connectivity index (χ1n) is 9.17. The summed E-state index contributed by atoms with van der Waals surface area (Å²) in [6, 6.07) is 15.7. The molecule has 0 saturated carbocycles. The third kappa shape index (κ3) is 3.45. The van der Waals surface area contributed by atoms with Gasteiger partial charge in [-0.1, -0.05) is 42.1 Å². The van der Waals surface area contributed by atoms with E-state index in [-0.39, 0.29) is 17.7 Å². The molecule has 150 valence electrons. The van der Waals surface area contributed by atoms with Crippen LogP contribution in [-0.4, -0.2) is 42.5 Å². The van der Waals surface area contributed by atoms with Crippen molar-refractivity contribution in [2.45, 2.75) is 23.8 Å². The molecular weight excluding hydrogens is 396 g/mol. The Hall–Kier alpha value is -1.89. The number of hydrogen-bond donors (Lipinski definition) is 1. The van der Waals surface area contributed by atoms with Crippen molar-refractivity contribution in [2.24, 2.45) is 4.99 Å². The van der Waals surface area contributed by atoms with Gasteiger partial charge in [0.15, 0.2) is 10.9 Å². The molecule has 0 bridgehead atoms. The molecular formula is C21H25ClN2O3S. The second kappa shape index (κ2) is 8.64. The number of fused-ring (bicyclic) bond motifs is 1. The summed E-state index contributed by atoms with van der Waals surface area (Å²) in [5.41, 5.74) is 0.560. The van der Waals surface area contributed by atoms with Gasteiger partial charge < -0.3 is 19.5 Å². The normalized spacial score (nSPS) is 23.9. The maximum atomic E-state index is 12.2. The molecule has 1 fully saturated rings. The summed E-state index contributed by atoms with van der Waals surface area (Å²) >= 11 is 1.63. The zero-order valence-corrected chi connectivity index (χ0v) is 17.6. The first kappa shape index (κ1) is 20.8. The van der Waals surface area contributed by atoms with Crippen molar-refractivity contribution >= 4 is 29.3 Å². The van der Waals surface area contributed by atoms with Crippen LogP contribution in [0, 0.1) is 0 Å². The van der Waals surface area contributed by atoms with Crippen molar-refractivity contribution in [2.75, 3.05) is 27.3 Å². The molecule has 0 aliphatic carbocycles. The SMILES string of the molecule is COc1ccc(C2(O)C(c3ccccc3)SC3=NCCCCN32)c(OC)c1.Cl. The quantitative estimate of drug-likeness (QED) is 0.802. The molecule has 0 aromatic heterocycles. The summed E-state index contributed by atoms with van der Waals surface area (Å²) in [5, 5.41) is 12.9. The highest BCUT2D eigenvalue weighted by Gasteiger charge is 2.54. The molecule has 2 aliphatic rings. The Labute approximate surface area is 176 Å². The fourth-order valence-electron chi connectivity index (χ4n) is 3.80. The van der Waals surface area contributed by atoms with Crippen LogP contribution < -0.4 is 9.47 Å². The minimum Gasteiger partial charge on any atom is -0.497 e. The van der Waals surface area contributed by atoms with E-state index in [1.54, 1.807) is 26.0 Å². The number of rotatable bonds is 4. The van der Waals surface area contributed by atoms with E-state index in [1.165, 1.54) is 0 Å². The van der Waals surface area contributed by atoms with Crippen LogP contribution in [0.5, 0.6) is 11.5 Å². The highest BCUT2D eigenvalue weighted by Crippen LogP contribution is 2.56. The van der Waals surface area contributed by atoms with Crippen LogP contribution in [0.4, 0.5) is 0 Å². The number of ether oxygens (including phenoxy) is 2. The van der Waals surface area contributed by atoms with Crippen LogP contribution in [-0.2, 0) is 5.72 Å². The molecule has 28 heavy (non-hydrogen) atoms. The molecule has 2 atom stereocenters. The highest BCUT2D eigenvalue weighted by molar-refractivity contribution is 8.14. The van der Waals surface area contributed by atoms with Crippen molar-refractivity contribution in [3.05, 3.63) is 59.7 Å². The molecule has 0 amide bonds. The predicted octanol–water partition coefficient (Wildman–Crippen LogP) is 4.21. The number of aliphatic imine (C=N–C) groups is 1. The molecule has 4 rings (SSSR count). The predicted molar refractivity (Wildman–Crippen MR) is 116 cm³/mol. The summed E-state index contributed by atoms with van der Waals surface area (Å²) in [5.74, 6) is 1.31. The number of nitrogens with zero attached hydrogens (tertiary/aromatic N) is 2. The molecule has 5 nitrogen and oxygen atoms in total. The lowest BCUT2D eigenvalue weighted by Crippen LogP contribution is -2.46. The smallest absolute Gasteiger partial charge is 0.186 e. The minimum atomic E-state index is -1.24. The van der Waals surface area contributed by atoms with Crippen molar-refractivity contribution in [3.8, 4) is 11.5 Å². The molecule has 2 aromatic rings. The lowest BCUT2D eigenvalue weighted by molar-refractivity contribution is -0.0726. The van der Waals surface area contributed by atoms with E-state index in [9.17, 15) is 5.11 Å². The second-order valence-corrected chi connectivity index (χ2v) is 7.80. The van der Waals surface area contributed by atoms with Crippen LogP contribution in [0.15, 0.2) is 53.5 Å². The van der Waals surface area contributed by atoms with Crippen LogP contribution in [0.25, 0.3) is 0 Å². The summed E-state index contributed by atoms with van der Waals surface area (Å²) in [7, 11) is 3.25. The third-order valence-electron chi connectivity index (χ3n) is 5.18. The number of halogens is 1. The zero-order valence-electron chi connectivity index (χ0n) is 16.0. The van der Waals surface area contributed by atoms with Gasteiger partial charge in [-0.25, -0.2) is 0 Å². The third-order valence-corrected chi connectivity index (χ3v) is 6.57. The van der Waals surface area contributed by atoms with Gasteiger partial charge in [0.2, 0.25) is 0 Å². The van der Waals surface area contributed by atoms with E-state index in [4.69, 9.17) is 14.5 Å². The van der Waals surface area contributed by atoms with Gasteiger partial charge in [-0.15, -0.1) is 12.4 Å². The molecule has 0 radical (unpaired) electrons. The van der Waals surface area contributed by atoms with E-state index in [1.807, 2.05) is 41.3 Å². The van der Waals surface area contributed by atoms with Crippen molar-refractivity contribution in [1.82, 2.24) is 4.90 Å². The molecule has 1 N–H and O–H groups in total. The van der Waals surface area contributed by atoms with Crippen LogP contribution in [0.2, 0.25) is 0 Å². The molecule has 2 aliphatic heterocycles. The van der Waals surface area contributed by atoms with E-state index < -0.39 is 5.72 Å². The number of aliphatic hydroxyl groups is 1. The highest BCUT2D eigenvalue weighted by atomic mass is 35.5. The average molecular weight is 421 g/mol. The van der Waals surface area contributed by atoms with Gasteiger partial charge in [0, 0.05) is 24.7 Å². The Morgan fingerprint density at radius 2 is 1.89 bits per heavy atom. The Kier molecular flexibility index (Phi) is 6.43. The van der Waals surface area contributed by atoms with Crippen LogP contribution in [0.1, 0.15) is 29.2 Å². The standard InChI is InChI=1S/C21H24N2O3S.ClH/c1-25-16-10-11-17(18(14-16)26-2)21(24)19(15-8-4-3-5-9-15)27-20-22-12-6-7-13-23(20)21;/h3-5,8-11,14,19,24H,6-7,12-13H2,1-2H3;1H. The molecule has 1 saturated heterocycles. The summed E-state index contributed by atoms with van der Waals surface area (Å²) in [6.07, 6.45) is 2.03. The van der Waals surface area contributed by atoms with Crippen molar-refractivity contribution in [1.29, 1.82) is 0 Å². The number of thioether (sulfide) groups is 1. The molecule has 2 heterocycles. The fraction of sp³-hybridized carbons (Fsp3) is 0.381. The summed E-state index contributed by atoms with van der Waals surface area (Å²) in [4.78, 5) is 6.80. The summed E-state index contributed by atoms with van der Waals surface area (Å²) < 4.78 is 11.0. The molecule has 2 aromatic carbocycles. The Morgan fingerprint density at radius 3 is 2.61 bits per heavy atom. The Morgan fingerprint density at radius 1 is 1.11 bits per heavy atom. The van der Waals surface area contributed by atoms with Gasteiger partial charge >= 0.3 is 0 Å². The first-order valence-corrected chi connectivity index (χ1v) is 10.0. The van der Waals surface area contributed by atoms with Gasteiger partial charge in [0.05, 0.1) is 19.5 Å². The van der Waals surface area contributed by atoms with Gasteiger partial charge in [-0.05, 0) is 30.5 Å². The largest absolute Gasteiger partial charge is 0.497 e. The van der Waals surface area contributed by atoms with Gasteiger partial charge in [0.25, 0.3) is 0 Å². The lowest BCUT2D eigenvalue weighted by atomic mass is 9.91. The number of benzene rings is 2. The monoisotopic (exact) mass is 420 g/mol. The zero-order chi connectivity index (χ0) is 18.9. The maximum absolute atomic E-state index is 12.2. The van der Waals surface area contributed by atoms with E-state index >= 15 is 0 Å². The number of amidine groups is 1. The van der Waals surface area contributed by atoms with Gasteiger partial charge in [0.1, 0.15) is 11.5 Å². The average Bonchev–Trinajstić information content (AvgIpc) is 2.87. The Bertz CT molecular complexity index is 849. The molecule has 0 spiro atoms.